The summed E-state index contributed by atoms with van der Waals surface area (Å²) in [6.45, 7) is 13.8. The number of rotatable bonds is 6. The molecular weight excluding hydrogens is 555 g/mol. The number of unbranched alkanes of at least 4 members (excludes halogenated alkanes) is 1. The predicted octanol–water partition coefficient (Wildman–Crippen LogP) is 10.7. The van der Waals surface area contributed by atoms with Gasteiger partial charge in [0.15, 0.2) is 0 Å². The number of allylic oxidation sites excluding steroid dienone is 4. The van der Waals surface area contributed by atoms with E-state index in [1.165, 1.54) is 25.7 Å². The van der Waals surface area contributed by atoms with Crippen LogP contribution in [0.3, 0.4) is 0 Å². The molecule has 190 valence electrons. The van der Waals surface area contributed by atoms with Gasteiger partial charge >= 0.3 is 37.9 Å². The Morgan fingerprint density at radius 1 is 0.818 bits per heavy atom. The average molecular weight is 607 g/mol. The van der Waals surface area contributed by atoms with Gasteiger partial charge in [0.25, 0.3) is 0 Å². The van der Waals surface area contributed by atoms with Crippen molar-refractivity contribution in [2.45, 2.75) is 108 Å². The van der Waals surface area contributed by atoms with Crippen LogP contribution in [0.5, 0.6) is 0 Å². The summed E-state index contributed by atoms with van der Waals surface area (Å²) >= 11 is -0.826. The first-order valence-corrected chi connectivity index (χ1v) is 26.6. The van der Waals surface area contributed by atoms with Gasteiger partial charge in [0.05, 0.1) is 0 Å². The van der Waals surface area contributed by atoms with E-state index in [2.05, 4.69) is 57.4 Å². The standard InChI is InChI=1S/C26H46Si2.2CH3.2ClH.Zr/c1-6-7-10-20-13-15-22(19-20)27(2,3)28(4,5)26-18-17-24-23-12-9-8-11-21(23)14-16-25(24)26;;;;;/h8-9,11-12,20-26H,6-7,10,13-19H2,1-5H3;2*1H3;2*1H;/q;2*-1;;;+4/p-2. The van der Waals surface area contributed by atoms with Crippen molar-refractivity contribution >= 4 is 32.2 Å². The monoisotopic (exact) mass is 604 g/mol. The Bertz CT molecular complexity index is 633. The fourth-order valence-corrected chi connectivity index (χ4v) is 22.3. The third-order valence-electron chi connectivity index (χ3n) is 10.6. The Hall–Kier alpha value is 1.38. The predicted molar refractivity (Wildman–Crippen MR) is 155 cm³/mol. The van der Waals surface area contributed by atoms with Gasteiger partial charge in [-0.1, -0.05) is 102 Å². The molecule has 5 heteroatoms. The average Bonchev–Trinajstić information content (AvgIpc) is 3.40. The van der Waals surface area contributed by atoms with E-state index >= 15 is 0 Å². The number of hydrogen-bond donors (Lipinski definition) is 0. The molecular formula is C28H52Cl2Si2Zr. The van der Waals surface area contributed by atoms with E-state index in [4.69, 9.17) is 17.0 Å². The van der Waals surface area contributed by atoms with Crippen molar-refractivity contribution in [2.75, 3.05) is 0 Å². The molecule has 0 nitrogen and oxygen atoms in total. The molecule has 0 spiro atoms. The molecule has 4 rings (SSSR count). The summed E-state index contributed by atoms with van der Waals surface area (Å²) in [6.07, 6.45) is 25.1. The van der Waals surface area contributed by atoms with E-state index in [9.17, 15) is 0 Å². The van der Waals surface area contributed by atoms with Crippen molar-refractivity contribution in [3.8, 4) is 0 Å². The Balaban J connectivity index is 0.00000103. The topological polar surface area (TPSA) is 0 Å². The Morgan fingerprint density at radius 3 is 2.12 bits per heavy atom. The first kappa shape index (κ1) is 32.4. The van der Waals surface area contributed by atoms with E-state index in [1.807, 2.05) is 0 Å². The van der Waals surface area contributed by atoms with Gasteiger partial charge in [-0.2, -0.15) is 0 Å². The Kier molecular flexibility index (Phi) is 14.1. The zero-order valence-electron chi connectivity index (χ0n) is 22.7. The summed E-state index contributed by atoms with van der Waals surface area (Å²) in [4.78, 5) is 0. The van der Waals surface area contributed by atoms with E-state index in [1.54, 1.807) is 38.5 Å². The molecule has 0 aromatic heterocycles. The van der Waals surface area contributed by atoms with Gasteiger partial charge in [0.2, 0.25) is 0 Å². The Morgan fingerprint density at radius 2 is 1.45 bits per heavy atom. The fourth-order valence-electron chi connectivity index (χ4n) is 8.18. The molecule has 3 saturated carbocycles. The van der Waals surface area contributed by atoms with Crippen molar-refractivity contribution in [3.63, 3.8) is 0 Å². The first-order chi connectivity index (χ1) is 14.8. The second-order valence-electron chi connectivity index (χ2n) is 12.1. The van der Waals surface area contributed by atoms with Gasteiger partial charge < -0.3 is 14.9 Å². The summed E-state index contributed by atoms with van der Waals surface area (Å²) in [6, 6.07) is 0. The van der Waals surface area contributed by atoms with Crippen LogP contribution in [-0.4, -0.2) is 15.2 Å². The maximum atomic E-state index is 4.93. The molecule has 0 bridgehead atoms. The number of hydrogen-bond acceptors (Lipinski definition) is 0. The van der Waals surface area contributed by atoms with Crippen LogP contribution < -0.4 is 0 Å². The second-order valence-corrected chi connectivity index (χ2v) is 32.0. The molecule has 0 heterocycles. The van der Waals surface area contributed by atoms with Crippen LogP contribution in [0, 0.1) is 44.4 Å². The minimum atomic E-state index is -1.19. The summed E-state index contributed by atoms with van der Waals surface area (Å²) < 4.78 is 0. The van der Waals surface area contributed by atoms with E-state index in [0.717, 1.165) is 40.7 Å². The Labute approximate surface area is 228 Å². The van der Waals surface area contributed by atoms with Gasteiger partial charge in [0, 0.05) is 15.2 Å². The van der Waals surface area contributed by atoms with Crippen LogP contribution in [-0.2, 0) is 20.8 Å². The van der Waals surface area contributed by atoms with Crippen molar-refractivity contribution < 1.29 is 20.8 Å². The molecule has 4 aliphatic carbocycles. The van der Waals surface area contributed by atoms with Crippen LogP contribution in [0.15, 0.2) is 24.3 Å². The molecule has 0 aliphatic heterocycles. The van der Waals surface area contributed by atoms with Crippen LogP contribution in [0.2, 0.25) is 37.3 Å². The van der Waals surface area contributed by atoms with Gasteiger partial charge in [-0.3, -0.25) is 0 Å². The second kappa shape index (κ2) is 14.4. The molecule has 7 unspecified atom stereocenters. The molecule has 7 atom stereocenters. The van der Waals surface area contributed by atoms with E-state index < -0.39 is 36.0 Å². The van der Waals surface area contributed by atoms with Crippen LogP contribution in [0.25, 0.3) is 0 Å². The van der Waals surface area contributed by atoms with Gasteiger partial charge in [0.1, 0.15) is 0 Å². The molecule has 33 heavy (non-hydrogen) atoms. The minimum absolute atomic E-state index is 0. The SMILES string of the molecule is CCCCC1CCC([Si](C)(C)[Si](C)(C)C2CCC3C4C=CC=CC4CCC32)C1.[CH3-].[CH3-].[Cl][Zr+2][Cl]. The zero-order valence-corrected chi connectivity index (χ0v) is 28.6. The zero-order chi connectivity index (χ0) is 22.6. The molecule has 0 aromatic rings. The van der Waals surface area contributed by atoms with E-state index in [0.29, 0.717) is 0 Å². The molecule has 4 aliphatic rings. The third kappa shape index (κ3) is 7.03. The van der Waals surface area contributed by atoms with Crippen LogP contribution in [0.1, 0.15) is 71.1 Å². The molecule has 0 radical (unpaired) electrons. The number of halogens is 2. The molecule has 0 aromatic carbocycles. The van der Waals surface area contributed by atoms with Crippen molar-refractivity contribution in [2.24, 2.45) is 29.6 Å². The molecule has 0 N–H and O–H groups in total. The van der Waals surface area contributed by atoms with Gasteiger partial charge in [-0.15, -0.1) is 0 Å². The summed E-state index contributed by atoms with van der Waals surface area (Å²) in [5.74, 6) is 4.92. The fraction of sp³-hybridized carbons (Fsp3) is 0.786. The summed E-state index contributed by atoms with van der Waals surface area (Å²) in [5, 5.41) is 0. The van der Waals surface area contributed by atoms with Crippen LogP contribution in [0.4, 0.5) is 0 Å². The maximum absolute atomic E-state index is 4.93. The molecule has 3 fully saturated rings. The van der Waals surface area contributed by atoms with Crippen molar-refractivity contribution in [1.82, 2.24) is 0 Å². The summed E-state index contributed by atoms with van der Waals surface area (Å²) in [5.41, 5.74) is 2.28. The normalized spacial score (nSPS) is 34.7. The summed E-state index contributed by atoms with van der Waals surface area (Å²) in [7, 11) is 7.52. The van der Waals surface area contributed by atoms with E-state index in [-0.39, 0.29) is 14.9 Å². The first-order valence-electron chi connectivity index (χ1n) is 13.1. The quantitative estimate of drug-likeness (QED) is 0.208. The van der Waals surface area contributed by atoms with Gasteiger partial charge in [-0.05, 0) is 59.9 Å². The molecule has 0 saturated heterocycles. The van der Waals surface area contributed by atoms with Gasteiger partial charge in [-0.25, -0.2) is 0 Å². The van der Waals surface area contributed by atoms with Crippen molar-refractivity contribution in [1.29, 1.82) is 0 Å². The number of fused-ring (bicyclic) bond motifs is 3. The van der Waals surface area contributed by atoms with Crippen LogP contribution >= 0.6 is 17.0 Å². The molecule has 0 amide bonds. The van der Waals surface area contributed by atoms with Crippen molar-refractivity contribution in [3.05, 3.63) is 39.2 Å². The third-order valence-corrected chi connectivity index (χ3v) is 31.4.